The Bertz CT molecular complexity index is 602. The third-order valence-corrected chi connectivity index (χ3v) is 4.31. The third-order valence-electron chi connectivity index (χ3n) is 2.64. The fourth-order valence-corrected chi connectivity index (χ4v) is 3.16. The van der Waals surface area contributed by atoms with Gasteiger partial charge in [0.15, 0.2) is 0 Å². The molecule has 0 spiro atoms. The smallest absolute Gasteiger partial charge is 0.261 e. The van der Waals surface area contributed by atoms with E-state index in [1.54, 1.807) is 7.11 Å². The molecule has 0 saturated carbocycles. The number of benzene rings is 1. The summed E-state index contributed by atoms with van der Waals surface area (Å²) in [5, 5.41) is 2.80. The van der Waals surface area contributed by atoms with Crippen molar-refractivity contribution in [3.63, 3.8) is 0 Å². The van der Waals surface area contributed by atoms with Crippen molar-refractivity contribution in [1.29, 1.82) is 0 Å². The molecule has 1 aromatic carbocycles. The minimum atomic E-state index is -3.95. The van der Waals surface area contributed by atoms with E-state index in [0.717, 1.165) is 0 Å². The van der Waals surface area contributed by atoms with Crippen molar-refractivity contribution < 1.29 is 17.9 Å². The second-order valence-corrected chi connectivity index (χ2v) is 7.09. The minimum Gasteiger partial charge on any atom is -0.385 e. The molecule has 0 bridgehead atoms. The number of ether oxygens (including phenoxy) is 1. The Hall–Kier alpha value is -0.820. The molecular formula is C12H15Cl2NO4S. The Balaban J connectivity index is 3.01. The summed E-state index contributed by atoms with van der Waals surface area (Å²) in [6.07, 6.45) is 0.655. The van der Waals surface area contributed by atoms with Crippen LogP contribution in [0.1, 0.15) is 22.3 Å². The Morgan fingerprint density at radius 2 is 2.05 bits per heavy atom. The van der Waals surface area contributed by atoms with E-state index < -0.39 is 15.0 Å². The zero-order chi connectivity index (χ0) is 15.3. The summed E-state index contributed by atoms with van der Waals surface area (Å²) in [4.78, 5) is 11.9. The molecule has 0 aliphatic heterocycles. The Morgan fingerprint density at radius 3 is 2.60 bits per heavy atom. The van der Waals surface area contributed by atoms with Gasteiger partial charge in [0.1, 0.15) is 0 Å². The molecule has 8 heteroatoms. The maximum Gasteiger partial charge on any atom is 0.261 e. The number of hydrogen-bond acceptors (Lipinski definition) is 4. The molecule has 20 heavy (non-hydrogen) atoms. The van der Waals surface area contributed by atoms with E-state index in [1.807, 2.05) is 0 Å². The van der Waals surface area contributed by atoms with Crippen LogP contribution in [0, 0.1) is 6.92 Å². The number of rotatable bonds is 6. The molecule has 0 aliphatic rings. The Morgan fingerprint density at radius 1 is 1.40 bits per heavy atom. The van der Waals surface area contributed by atoms with Gasteiger partial charge in [0, 0.05) is 41.5 Å². The van der Waals surface area contributed by atoms with E-state index in [4.69, 9.17) is 27.0 Å². The van der Waals surface area contributed by atoms with Gasteiger partial charge in [-0.25, -0.2) is 8.42 Å². The fraction of sp³-hybridized carbons (Fsp3) is 0.417. The van der Waals surface area contributed by atoms with Gasteiger partial charge in [0.2, 0.25) is 0 Å². The highest BCUT2D eigenvalue weighted by atomic mass is 35.7. The van der Waals surface area contributed by atoms with E-state index in [0.29, 0.717) is 19.6 Å². The summed E-state index contributed by atoms with van der Waals surface area (Å²) in [7, 11) is 2.94. The summed E-state index contributed by atoms with van der Waals surface area (Å²) in [6.45, 7) is 2.45. The molecule has 0 aliphatic carbocycles. The van der Waals surface area contributed by atoms with Crippen LogP contribution in [-0.4, -0.2) is 34.6 Å². The van der Waals surface area contributed by atoms with Crippen LogP contribution in [0.3, 0.4) is 0 Å². The Kier molecular flexibility index (Phi) is 6.26. The average molecular weight is 340 g/mol. The lowest BCUT2D eigenvalue weighted by atomic mass is 10.1. The van der Waals surface area contributed by atoms with Gasteiger partial charge in [-0.05, 0) is 31.0 Å². The van der Waals surface area contributed by atoms with E-state index in [2.05, 4.69) is 5.32 Å². The summed E-state index contributed by atoms with van der Waals surface area (Å²) < 4.78 is 27.7. The number of carbonyl (C=O) groups is 1. The number of amides is 1. The normalized spacial score (nSPS) is 11.4. The standard InChI is InChI=1S/C12H15Cl2NO4S/c1-8-10(12(16)15-4-3-5-19-2)6-9(13)7-11(8)20(14,17)18/h6-7H,3-5H2,1-2H3,(H,15,16). The molecule has 1 amide bonds. The van der Waals surface area contributed by atoms with Crippen molar-refractivity contribution in [3.05, 3.63) is 28.3 Å². The van der Waals surface area contributed by atoms with Crippen molar-refractivity contribution in [2.45, 2.75) is 18.2 Å². The predicted octanol–water partition coefficient (Wildman–Crippen LogP) is 2.34. The quantitative estimate of drug-likeness (QED) is 0.637. The summed E-state index contributed by atoms with van der Waals surface area (Å²) >= 11 is 5.83. The molecule has 0 fully saturated rings. The molecule has 0 unspecified atom stereocenters. The SMILES string of the molecule is COCCCNC(=O)c1cc(Cl)cc(S(=O)(=O)Cl)c1C. The first-order chi connectivity index (χ1) is 9.27. The highest BCUT2D eigenvalue weighted by molar-refractivity contribution is 8.13. The van der Waals surface area contributed by atoms with Crippen molar-refractivity contribution in [2.75, 3.05) is 20.3 Å². The van der Waals surface area contributed by atoms with Crippen LogP contribution in [0.4, 0.5) is 0 Å². The number of nitrogens with one attached hydrogen (secondary N) is 1. The van der Waals surface area contributed by atoms with Crippen LogP contribution >= 0.6 is 22.3 Å². The highest BCUT2D eigenvalue weighted by Gasteiger charge is 2.20. The van der Waals surface area contributed by atoms with E-state index in [-0.39, 0.29) is 21.0 Å². The number of hydrogen-bond donors (Lipinski definition) is 1. The van der Waals surface area contributed by atoms with Gasteiger partial charge in [-0.15, -0.1) is 0 Å². The molecule has 1 aromatic rings. The first kappa shape index (κ1) is 17.2. The molecule has 1 N–H and O–H groups in total. The van der Waals surface area contributed by atoms with Gasteiger partial charge in [-0.2, -0.15) is 0 Å². The molecule has 0 aromatic heterocycles. The van der Waals surface area contributed by atoms with Gasteiger partial charge >= 0.3 is 0 Å². The second kappa shape index (κ2) is 7.26. The van der Waals surface area contributed by atoms with Crippen LogP contribution in [0.5, 0.6) is 0 Å². The Labute approximate surface area is 127 Å². The summed E-state index contributed by atoms with van der Waals surface area (Å²) in [5.74, 6) is -0.400. The molecule has 5 nitrogen and oxygen atoms in total. The third kappa shape index (κ3) is 4.63. The number of carbonyl (C=O) groups excluding carboxylic acids is 1. The van der Waals surface area contributed by atoms with Gasteiger partial charge in [0.25, 0.3) is 15.0 Å². The van der Waals surface area contributed by atoms with E-state index in [1.165, 1.54) is 19.1 Å². The maximum absolute atomic E-state index is 12.0. The first-order valence-electron chi connectivity index (χ1n) is 5.79. The van der Waals surface area contributed by atoms with Gasteiger partial charge < -0.3 is 10.1 Å². The van der Waals surface area contributed by atoms with Crippen molar-refractivity contribution in [3.8, 4) is 0 Å². The summed E-state index contributed by atoms with van der Waals surface area (Å²) in [6, 6.07) is 2.63. The summed E-state index contributed by atoms with van der Waals surface area (Å²) in [5.41, 5.74) is 0.461. The molecular weight excluding hydrogens is 325 g/mol. The monoisotopic (exact) mass is 339 g/mol. The minimum absolute atomic E-state index is 0.136. The molecule has 0 saturated heterocycles. The molecule has 0 heterocycles. The fourth-order valence-electron chi connectivity index (χ4n) is 1.66. The highest BCUT2D eigenvalue weighted by Crippen LogP contribution is 2.26. The largest absolute Gasteiger partial charge is 0.385 e. The first-order valence-corrected chi connectivity index (χ1v) is 8.48. The van der Waals surface area contributed by atoms with Gasteiger partial charge in [-0.3, -0.25) is 4.79 Å². The molecule has 112 valence electrons. The molecule has 1 rings (SSSR count). The van der Waals surface area contributed by atoms with E-state index >= 15 is 0 Å². The zero-order valence-corrected chi connectivity index (χ0v) is 13.4. The van der Waals surface area contributed by atoms with Crippen LogP contribution in [-0.2, 0) is 13.8 Å². The lowest BCUT2D eigenvalue weighted by Gasteiger charge is -2.11. The van der Waals surface area contributed by atoms with Crippen LogP contribution in [0.2, 0.25) is 5.02 Å². The lowest BCUT2D eigenvalue weighted by molar-refractivity contribution is 0.0947. The number of methoxy groups -OCH3 is 1. The average Bonchev–Trinajstić information content (AvgIpc) is 2.35. The topological polar surface area (TPSA) is 72.5 Å². The number of halogens is 2. The predicted molar refractivity (Wildman–Crippen MR) is 78.1 cm³/mol. The van der Waals surface area contributed by atoms with Crippen molar-refractivity contribution in [1.82, 2.24) is 5.32 Å². The van der Waals surface area contributed by atoms with Crippen molar-refractivity contribution >= 4 is 37.2 Å². The van der Waals surface area contributed by atoms with Crippen LogP contribution in [0.25, 0.3) is 0 Å². The van der Waals surface area contributed by atoms with Gasteiger partial charge in [0.05, 0.1) is 4.90 Å². The lowest BCUT2D eigenvalue weighted by Crippen LogP contribution is -2.26. The van der Waals surface area contributed by atoms with Crippen LogP contribution in [0.15, 0.2) is 17.0 Å². The van der Waals surface area contributed by atoms with Crippen LogP contribution < -0.4 is 5.32 Å². The van der Waals surface area contributed by atoms with Crippen molar-refractivity contribution in [2.24, 2.45) is 0 Å². The molecule has 0 radical (unpaired) electrons. The van der Waals surface area contributed by atoms with Gasteiger partial charge in [-0.1, -0.05) is 11.6 Å². The van der Waals surface area contributed by atoms with E-state index in [9.17, 15) is 13.2 Å². The molecule has 0 atom stereocenters. The second-order valence-electron chi connectivity index (χ2n) is 4.12. The zero-order valence-electron chi connectivity index (χ0n) is 11.1. The maximum atomic E-state index is 12.0.